The van der Waals surface area contributed by atoms with Crippen molar-refractivity contribution in [1.29, 1.82) is 0 Å². The van der Waals surface area contributed by atoms with Crippen LogP contribution < -0.4 is 4.85 Å². The molecule has 0 unspecified atom stereocenters. The first kappa shape index (κ1) is 11.6. The molecule has 0 radical (unpaired) electrons. The molecule has 0 aliphatic carbocycles. The molecule has 0 saturated carbocycles. The highest BCUT2D eigenvalue weighted by molar-refractivity contribution is 6.29. The topological polar surface area (TPSA) is 100 Å². The molecule has 96 valence electrons. The van der Waals surface area contributed by atoms with Crippen molar-refractivity contribution in [1.82, 2.24) is 14.7 Å². The van der Waals surface area contributed by atoms with Crippen LogP contribution in [0.5, 0.6) is 0 Å². The van der Waals surface area contributed by atoms with Gasteiger partial charge in [-0.05, 0) is 12.1 Å². The van der Waals surface area contributed by atoms with Gasteiger partial charge in [-0.2, -0.15) is 5.10 Å². The van der Waals surface area contributed by atoms with Crippen LogP contribution in [0.4, 0.5) is 5.69 Å². The number of hydrogen-bond acceptors (Lipinski definition) is 5. The van der Waals surface area contributed by atoms with Gasteiger partial charge < -0.3 is 5.21 Å². The van der Waals surface area contributed by atoms with Gasteiger partial charge in [-0.15, -0.1) is 0 Å². The van der Waals surface area contributed by atoms with Gasteiger partial charge in [-0.1, -0.05) is 16.4 Å². The zero-order chi connectivity index (χ0) is 13.7. The lowest BCUT2D eigenvalue weighted by Gasteiger charge is -1.96. The standard InChI is InChI=1S/C10H6ClN5O3/c1-5-4-6-9(16(18)19)7-2-3-8(11)12-14(7)10(6)13-15(5)17/h2-4H,1H3. The van der Waals surface area contributed by atoms with Gasteiger partial charge in [-0.25, -0.2) is 4.52 Å². The Morgan fingerprint density at radius 2 is 2.21 bits per heavy atom. The van der Waals surface area contributed by atoms with Gasteiger partial charge in [0.25, 0.3) is 0 Å². The molecule has 19 heavy (non-hydrogen) atoms. The highest BCUT2D eigenvalue weighted by Gasteiger charge is 2.26. The molecule has 3 heterocycles. The summed E-state index contributed by atoms with van der Waals surface area (Å²) in [5, 5.41) is 30.8. The second kappa shape index (κ2) is 3.75. The second-order valence-corrected chi connectivity index (χ2v) is 4.34. The van der Waals surface area contributed by atoms with Crippen molar-refractivity contribution in [3.05, 3.63) is 44.4 Å². The monoisotopic (exact) mass is 279 g/mol. The highest BCUT2D eigenvalue weighted by atomic mass is 35.5. The average Bonchev–Trinajstić information content (AvgIpc) is 2.63. The molecule has 0 spiro atoms. The van der Waals surface area contributed by atoms with E-state index in [1.165, 1.54) is 29.6 Å². The number of halogens is 1. The number of hydrogen-bond donors (Lipinski definition) is 0. The van der Waals surface area contributed by atoms with Crippen molar-refractivity contribution in [2.24, 2.45) is 0 Å². The number of aryl methyl sites for hydroxylation is 1. The van der Waals surface area contributed by atoms with Crippen LogP contribution in [-0.4, -0.2) is 19.6 Å². The summed E-state index contributed by atoms with van der Waals surface area (Å²) in [7, 11) is 0. The summed E-state index contributed by atoms with van der Waals surface area (Å²) >= 11 is 5.76. The average molecular weight is 280 g/mol. The third kappa shape index (κ3) is 1.57. The van der Waals surface area contributed by atoms with E-state index in [0.29, 0.717) is 4.85 Å². The van der Waals surface area contributed by atoms with Crippen molar-refractivity contribution in [3.63, 3.8) is 0 Å². The molecule has 3 aromatic heterocycles. The van der Waals surface area contributed by atoms with E-state index < -0.39 is 4.92 Å². The Kier molecular flexibility index (Phi) is 2.29. The first-order chi connectivity index (χ1) is 8.99. The molecule has 3 aromatic rings. The molecule has 0 aromatic carbocycles. The first-order valence-electron chi connectivity index (χ1n) is 5.22. The van der Waals surface area contributed by atoms with Crippen molar-refractivity contribution >= 4 is 33.8 Å². The molecule has 0 aliphatic rings. The minimum Gasteiger partial charge on any atom is -0.594 e. The first-order valence-corrected chi connectivity index (χ1v) is 5.59. The molecular formula is C10H6ClN5O3. The Hall–Kier alpha value is -2.48. The molecule has 0 atom stereocenters. The van der Waals surface area contributed by atoms with Crippen molar-refractivity contribution < 1.29 is 9.77 Å². The lowest BCUT2D eigenvalue weighted by Crippen LogP contribution is -2.34. The summed E-state index contributed by atoms with van der Waals surface area (Å²) in [5.41, 5.74) is 0.459. The fourth-order valence-corrected chi connectivity index (χ4v) is 2.09. The molecule has 0 saturated heterocycles. The smallest absolute Gasteiger partial charge is 0.306 e. The fraction of sp³-hybridized carbons (Fsp3) is 0.100. The third-order valence-electron chi connectivity index (χ3n) is 2.76. The number of nitrogens with zero attached hydrogens (tertiary/aromatic N) is 5. The Bertz CT molecular complexity index is 844. The largest absolute Gasteiger partial charge is 0.594 e. The van der Waals surface area contributed by atoms with Gasteiger partial charge in [0.15, 0.2) is 0 Å². The van der Waals surface area contributed by atoms with Gasteiger partial charge in [0.2, 0.25) is 11.3 Å². The van der Waals surface area contributed by atoms with Gasteiger partial charge in [0.05, 0.1) is 4.92 Å². The van der Waals surface area contributed by atoms with Crippen LogP contribution in [0, 0.1) is 22.2 Å². The van der Waals surface area contributed by atoms with Gasteiger partial charge in [0, 0.05) is 18.1 Å². The third-order valence-corrected chi connectivity index (χ3v) is 2.97. The normalized spacial score (nSPS) is 11.3. The van der Waals surface area contributed by atoms with Crippen LogP contribution in [0.3, 0.4) is 0 Å². The van der Waals surface area contributed by atoms with E-state index in [1.54, 1.807) is 0 Å². The maximum absolute atomic E-state index is 11.5. The molecular weight excluding hydrogens is 274 g/mol. The molecule has 8 nitrogen and oxygen atoms in total. The predicted octanol–water partition coefficient (Wildman–Crippen LogP) is 1.39. The van der Waals surface area contributed by atoms with Crippen LogP contribution in [-0.2, 0) is 0 Å². The zero-order valence-electron chi connectivity index (χ0n) is 9.57. The summed E-state index contributed by atoms with van der Waals surface area (Å²) in [5.74, 6) is 0. The maximum Gasteiger partial charge on any atom is 0.306 e. The summed E-state index contributed by atoms with van der Waals surface area (Å²) < 4.78 is 1.20. The van der Waals surface area contributed by atoms with Crippen LogP contribution in [0.1, 0.15) is 5.69 Å². The molecule has 3 rings (SSSR count). The summed E-state index contributed by atoms with van der Waals surface area (Å²) in [6.07, 6.45) is 0. The minimum absolute atomic E-state index is 0.102. The van der Waals surface area contributed by atoms with Gasteiger partial charge in [0.1, 0.15) is 16.1 Å². The molecule has 0 N–H and O–H groups in total. The molecule has 0 fully saturated rings. The number of aromatic nitrogens is 4. The van der Waals surface area contributed by atoms with Gasteiger partial charge >= 0.3 is 5.69 Å². The summed E-state index contributed by atoms with van der Waals surface area (Å²) in [4.78, 5) is 11.1. The molecule has 9 heteroatoms. The highest BCUT2D eigenvalue weighted by Crippen LogP contribution is 2.31. The van der Waals surface area contributed by atoms with E-state index in [1.807, 2.05) is 0 Å². The molecule has 0 bridgehead atoms. The van der Waals surface area contributed by atoms with Crippen molar-refractivity contribution in [3.8, 4) is 0 Å². The van der Waals surface area contributed by atoms with Crippen LogP contribution in [0.2, 0.25) is 5.15 Å². The van der Waals surface area contributed by atoms with E-state index in [9.17, 15) is 15.3 Å². The van der Waals surface area contributed by atoms with Gasteiger partial charge in [-0.3, -0.25) is 10.1 Å². The Morgan fingerprint density at radius 3 is 2.89 bits per heavy atom. The Balaban J connectivity index is 2.61. The van der Waals surface area contributed by atoms with Crippen LogP contribution >= 0.6 is 11.6 Å². The van der Waals surface area contributed by atoms with Crippen molar-refractivity contribution in [2.45, 2.75) is 6.92 Å². The Labute approximate surface area is 110 Å². The number of rotatable bonds is 1. The van der Waals surface area contributed by atoms with Crippen molar-refractivity contribution in [2.75, 3.05) is 0 Å². The zero-order valence-corrected chi connectivity index (χ0v) is 10.3. The number of nitro groups is 1. The predicted molar refractivity (Wildman–Crippen MR) is 65.9 cm³/mol. The van der Waals surface area contributed by atoms with E-state index >= 15 is 0 Å². The Morgan fingerprint density at radius 1 is 1.47 bits per heavy atom. The van der Waals surface area contributed by atoms with Crippen LogP contribution in [0.25, 0.3) is 16.6 Å². The van der Waals surface area contributed by atoms with Crippen LogP contribution in [0.15, 0.2) is 18.2 Å². The minimum atomic E-state index is -0.524. The second-order valence-electron chi connectivity index (χ2n) is 3.95. The molecule has 0 amide bonds. The fourth-order valence-electron chi connectivity index (χ4n) is 1.95. The number of fused-ring (bicyclic) bond motifs is 3. The van der Waals surface area contributed by atoms with E-state index in [2.05, 4.69) is 10.2 Å². The lowest BCUT2D eigenvalue weighted by molar-refractivity contribution is -0.673. The SMILES string of the molecule is Cc1cc2c([N+](=O)[O-])c3ccc(Cl)nn3c2n[n+]1[O-]. The maximum atomic E-state index is 11.5. The summed E-state index contributed by atoms with van der Waals surface area (Å²) in [6.45, 7) is 1.52. The lowest BCUT2D eigenvalue weighted by atomic mass is 10.2. The summed E-state index contributed by atoms with van der Waals surface area (Å²) in [6, 6.07) is 4.33. The van der Waals surface area contributed by atoms with E-state index in [4.69, 9.17) is 11.6 Å². The van der Waals surface area contributed by atoms with E-state index in [-0.39, 0.29) is 33.1 Å². The quantitative estimate of drug-likeness (QED) is 0.290. The van der Waals surface area contributed by atoms with E-state index in [0.717, 1.165) is 0 Å². The molecule has 0 aliphatic heterocycles.